The van der Waals surface area contributed by atoms with Gasteiger partial charge in [-0.3, -0.25) is 0 Å². The average Bonchev–Trinajstić information content (AvgIpc) is 3.09. The van der Waals surface area contributed by atoms with Gasteiger partial charge in [0.15, 0.2) is 0 Å². The molecule has 0 radical (unpaired) electrons. The van der Waals surface area contributed by atoms with Crippen LogP contribution in [-0.2, 0) is 5.41 Å². The maximum Gasteiger partial charge on any atom is 0.232 e. The molecular weight excluding hydrogens is 408 g/mol. The zero-order valence-electron chi connectivity index (χ0n) is 16.2. The van der Waals surface area contributed by atoms with E-state index in [2.05, 4.69) is 34.0 Å². The fraction of sp³-hybridized carbons (Fsp3) is 0.318. The lowest BCUT2D eigenvalue weighted by Crippen LogP contribution is -2.38. The van der Waals surface area contributed by atoms with Gasteiger partial charge >= 0.3 is 0 Å². The van der Waals surface area contributed by atoms with Crippen LogP contribution < -0.4 is 0 Å². The van der Waals surface area contributed by atoms with Crippen LogP contribution in [0.15, 0.2) is 30.5 Å². The Morgan fingerprint density at radius 3 is 2.60 bits per heavy atom. The van der Waals surface area contributed by atoms with Gasteiger partial charge in [0.25, 0.3) is 0 Å². The largest absolute Gasteiger partial charge is 0.232 e. The first-order valence-corrected chi connectivity index (χ1v) is 9.94. The minimum Gasteiger partial charge on any atom is -0.226 e. The highest BCUT2D eigenvalue weighted by Crippen LogP contribution is 2.70. The van der Waals surface area contributed by atoms with E-state index in [9.17, 15) is 14.0 Å². The van der Waals surface area contributed by atoms with Crippen molar-refractivity contribution in [1.29, 1.82) is 5.26 Å². The molecule has 2 aromatic heterocycles. The predicted octanol–water partition coefficient (Wildman–Crippen LogP) is 4.94. The summed E-state index contributed by atoms with van der Waals surface area (Å²) < 4.78 is 28.7. The second-order valence-corrected chi connectivity index (χ2v) is 8.76. The number of rotatable bonds is 2. The van der Waals surface area contributed by atoms with Gasteiger partial charge in [0.2, 0.25) is 5.82 Å². The molecule has 0 saturated heterocycles. The maximum absolute atomic E-state index is 14.3. The monoisotopic (exact) mass is 423 g/mol. The van der Waals surface area contributed by atoms with Crippen LogP contribution in [0.25, 0.3) is 11.3 Å². The smallest absolute Gasteiger partial charge is 0.226 e. The topological polar surface area (TPSA) is 75.3 Å². The van der Waals surface area contributed by atoms with Crippen LogP contribution >= 0.6 is 11.6 Å². The molecule has 2 aliphatic carbocycles. The molecule has 5 nitrogen and oxygen atoms in total. The summed E-state index contributed by atoms with van der Waals surface area (Å²) in [5, 5.41) is 18.3. The highest BCUT2D eigenvalue weighted by molar-refractivity contribution is 6.31. The van der Waals surface area contributed by atoms with Crippen molar-refractivity contribution in [3.8, 4) is 17.3 Å². The molecule has 1 aromatic carbocycles. The average molecular weight is 424 g/mol. The summed E-state index contributed by atoms with van der Waals surface area (Å²) in [5.74, 6) is -1.24. The lowest BCUT2D eigenvalue weighted by atomic mass is 9.66. The number of benzene rings is 1. The van der Waals surface area contributed by atoms with Crippen LogP contribution in [0.2, 0.25) is 5.02 Å². The minimum absolute atomic E-state index is 0.0366. The lowest BCUT2D eigenvalue weighted by Gasteiger charge is -2.37. The van der Waals surface area contributed by atoms with E-state index in [1.807, 2.05) is 6.07 Å². The summed E-state index contributed by atoms with van der Waals surface area (Å²) in [5.41, 5.74) is 1.14. The van der Waals surface area contributed by atoms with E-state index in [1.165, 1.54) is 24.4 Å². The van der Waals surface area contributed by atoms with Crippen LogP contribution in [0.5, 0.6) is 0 Å². The van der Waals surface area contributed by atoms with Crippen molar-refractivity contribution in [2.75, 3.05) is 0 Å². The summed E-state index contributed by atoms with van der Waals surface area (Å²) in [6.07, 6.45) is 3.02. The normalized spacial score (nSPS) is 23.3. The summed E-state index contributed by atoms with van der Waals surface area (Å²) in [7, 11) is 0. The third-order valence-corrected chi connectivity index (χ3v) is 7.13. The third-order valence-electron chi connectivity index (χ3n) is 6.85. The first-order valence-electron chi connectivity index (χ1n) is 9.57. The fourth-order valence-electron chi connectivity index (χ4n) is 5.43. The zero-order valence-corrected chi connectivity index (χ0v) is 17.0. The Labute approximate surface area is 176 Å². The molecule has 0 spiro atoms. The van der Waals surface area contributed by atoms with Gasteiger partial charge in [-0.15, -0.1) is 5.10 Å². The summed E-state index contributed by atoms with van der Waals surface area (Å²) >= 11 is 6.50. The van der Waals surface area contributed by atoms with Crippen LogP contribution in [0, 0.1) is 28.4 Å². The molecule has 1 saturated carbocycles. The Bertz CT molecular complexity index is 1230. The molecule has 5 rings (SSSR count). The number of fused-ring (bicyclic) bond motifs is 5. The van der Waals surface area contributed by atoms with Gasteiger partial charge in [0, 0.05) is 0 Å². The number of hydrogen-bond acceptors (Lipinski definition) is 5. The number of aromatic nitrogens is 4. The molecule has 0 unspecified atom stereocenters. The van der Waals surface area contributed by atoms with Gasteiger partial charge in [-0.25, -0.2) is 18.7 Å². The van der Waals surface area contributed by atoms with Crippen LogP contribution in [0.3, 0.4) is 0 Å². The molecule has 3 aromatic rings. The van der Waals surface area contributed by atoms with Crippen LogP contribution in [0.4, 0.5) is 8.78 Å². The highest BCUT2D eigenvalue weighted by Gasteiger charge is 2.65. The molecule has 150 valence electrons. The Balaban J connectivity index is 1.76. The quantitative estimate of drug-likeness (QED) is 0.583. The molecule has 30 heavy (non-hydrogen) atoms. The van der Waals surface area contributed by atoms with E-state index in [-0.39, 0.29) is 28.4 Å². The van der Waals surface area contributed by atoms with Crippen LogP contribution in [0.1, 0.15) is 55.4 Å². The summed E-state index contributed by atoms with van der Waals surface area (Å²) in [6.45, 7) is 4.22. The molecule has 1 fully saturated rings. The minimum atomic E-state index is -0.682. The zero-order chi connectivity index (χ0) is 21.3. The van der Waals surface area contributed by atoms with Crippen molar-refractivity contribution in [3.05, 3.63) is 69.9 Å². The van der Waals surface area contributed by atoms with E-state index >= 15 is 0 Å². The van der Waals surface area contributed by atoms with Crippen LogP contribution in [-0.4, -0.2) is 20.2 Å². The molecule has 2 aliphatic rings. The summed E-state index contributed by atoms with van der Waals surface area (Å²) in [4.78, 5) is 8.42. The van der Waals surface area contributed by atoms with Crippen molar-refractivity contribution in [2.45, 2.75) is 38.0 Å². The van der Waals surface area contributed by atoms with Crippen molar-refractivity contribution < 1.29 is 8.78 Å². The van der Waals surface area contributed by atoms with Crippen molar-refractivity contribution in [1.82, 2.24) is 20.2 Å². The highest BCUT2D eigenvalue weighted by atomic mass is 35.5. The molecule has 2 bridgehead atoms. The fourth-order valence-corrected chi connectivity index (χ4v) is 5.69. The first-order chi connectivity index (χ1) is 14.3. The molecule has 0 aliphatic heterocycles. The van der Waals surface area contributed by atoms with E-state index < -0.39 is 17.0 Å². The Hall–Kier alpha value is -2.98. The van der Waals surface area contributed by atoms with Gasteiger partial charge in [0.05, 0.1) is 39.3 Å². The van der Waals surface area contributed by atoms with E-state index in [0.717, 1.165) is 18.4 Å². The van der Waals surface area contributed by atoms with E-state index in [0.29, 0.717) is 16.4 Å². The SMILES string of the molecule is CC1(C)[C@H]2CC[C@]1(c1nc(C#N)ncc1Cl)c1nnc(-c3c(F)cccc3F)cc12. The first kappa shape index (κ1) is 19.0. The maximum atomic E-state index is 14.3. The number of nitrogens with zero attached hydrogens (tertiary/aromatic N) is 5. The molecular formula is C22H16ClF2N5. The van der Waals surface area contributed by atoms with Crippen molar-refractivity contribution in [3.63, 3.8) is 0 Å². The van der Waals surface area contributed by atoms with Gasteiger partial charge in [-0.05, 0) is 47.9 Å². The lowest BCUT2D eigenvalue weighted by molar-refractivity contribution is 0.242. The Morgan fingerprint density at radius 1 is 1.17 bits per heavy atom. The van der Waals surface area contributed by atoms with Gasteiger partial charge in [-0.2, -0.15) is 10.4 Å². The van der Waals surface area contributed by atoms with Gasteiger partial charge in [0.1, 0.15) is 17.7 Å². The summed E-state index contributed by atoms with van der Waals surface area (Å²) in [6, 6.07) is 7.43. The molecule has 8 heteroatoms. The molecule has 2 heterocycles. The van der Waals surface area contributed by atoms with Crippen molar-refractivity contribution in [2.24, 2.45) is 5.41 Å². The van der Waals surface area contributed by atoms with Gasteiger partial charge < -0.3 is 0 Å². The van der Waals surface area contributed by atoms with E-state index in [4.69, 9.17) is 11.6 Å². The second kappa shape index (κ2) is 6.26. The predicted molar refractivity (Wildman–Crippen MR) is 106 cm³/mol. The second-order valence-electron chi connectivity index (χ2n) is 8.35. The third kappa shape index (κ3) is 2.25. The van der Waals surface area contributed by atoms with Crippen molar-refractivity contribution >= 4 is 11.6 Å². The number of nitriles is 1. The number of halogens is 3. The standard InChI is InChI=1S/C22H16ClF2N5/c1-21(2)12-6-7-22(21,20-13(23)10-27-17(9-26)28-20)19-11(12)8-16(29-30-19)18-14(24)4-3-5-15(18)25/h3-5,8,10,12H,6-7H2,1-2H3/t12-,22+/m0/s1. The Morgan fingerprint density at radius 2 is 1.90 bits per heavy atom. The molecule has 0 amide bonds. The number of hydrogen-bond donors (Lipinski definition) is 0. The Kier molecular flexibility index (Phi) is 3.97. The molecule has 0 N–H and O–H groups in total. The van der Waals surface area contributed by atoms with Gasteiger partial charge in [-0.1, -0.05) is 31.5 Å². The van der Waals surface area contributed by atoms with E-state index in [1.54, 1.807) is 6.07 Å². The molecule has 2 atom stereocenters.